The molecule has 0 saturated carbocycles. The van der Waals surface area contributed by atoms with Crippen LogP contribution in [0.3, 0.4) is 0 Å². The van der Waals surface area contributed by atoms with Gasteiger partial charge in [-0.2, -0.15) is 0 Å². The van der Waals surface area contributed by atoms with Gasteiger partial charge in [-0.1, -0.05) is 12.1 Å². The number of likely N-dealkylation sites (tertiary alicyclic amines) is 1. The first kappa shape index (κ1) is 15.1. The van der Waals surface area contributed by atoms with E-state index in [4.69, 9.17) is 9.47 Å². The zero-order valence-electron chi connectivity index (χ0n) is 12.3. The zero-order valence-corrected chi connectivity index (χ0v) is 12.3. The molecule has 2 rings (SSSR count). The third kappa shape index (κ3) is 4.12. The highest BCUT2D eigenvalue weighted by Crippen LogP contribution is 2.31. The summed E-state index contributed by atoms with van der Waals surface area (Å²) in [4.78, 5) is 2.48. The molecule has 0 amide bonds. The number of aliphatic hydroxyl groups is 1. The molecule has 112 valence electrons. The summed E-state index contributed by atoms with van der Waals surface area (Å²) < 4.78 is 11.4. The van der Waals surface area contributed by atoms with E-state index >= 15 is 0 Å². The van der Waals surface area contributed by atoms with Gasteiger partial charge < -0.3 is 19.5 Å². The summed E-state index contributed by atoms with van der Waals surface area (Å²) >= 11 is 0. The van der Waals surface area contributed by atoms with E-state index in [2.05, 4.69) is 4.90 Å². The molecule has 4 nitrogen and oxygen atoms in total. The van der Waals surface area contributed by atoms with E-state index in [0.29, 0.717) is 19.0 Å². The fraction of sp³-hybridized carbons (Fsp3) is 0.625. The van der Waals surface area contributed by atoms with Gasteiger partial charge in [0.1, 0.15) is 0 Å². The van der Waals surface area contributed by atoms with Crippen LogP contribution < -0.4 is 9.47 Å². The predicted molar refractivity (Wildman–Crippen MR) is 79.3 cm³/mol. The number of aliphatic hydroxyl groups excluding tert-OH is 1. The molecule has 0 bridgehead atoms. The molecule has 1 aliphatic rings. The molecular weight excluding hydrogens is 254 g/mol. The molecule has 0 radical (unpaired) electrons. The van der Waals surface area contributed by atoms with Crippen LogP contribution in [-0.2, 0) is 6.61 Å². The second-order valence-electron chi connectivity index (χ2n) is 5.09. The average Bonchev–Trinajstić information content (AvgIpc) is 2.98. The standard InChI is InChI=1S/C16H25NO3/c1-2-19-15-8-5-7-14(13-18)16(15)20-12-6-11-17-9-3-4-10-17/h5,7-8,18H,2-4,6,9-13H2,1H3. The van der Waals surface area contributed by atoms with E-state index in [1.807, 2.05) is 25.1 Å². The summed E-state index contributed by atoms with van der Waals surface area (Å²) in [5, 5.41) is 9.40. The van der Waals surface area contributed by atoms with Gasteiger partial charge in [0.2, 0.25) is 0 Å². The van der Waals surface area contributed by atoms with Gasteiger partial charge in [0.15, 0.2) is 11.5 Å². The number of nitrogens with zero attached hydrogens (tertiary/aromatic N) is 1. The Morgan fingerprint density at radius 3 is 2.70 bits per heavy atom. The molecule has 20 heavy (non-hydrogen) atoms. The SMILES string of the molecule is CCOc1cccc(CO)c1OCCCN1CCCC1. The summed E-state index contributed by atoms with van der Waals surface area (Å²) in [7, 11) is 0. The Kier molecular flexibility index (Phi) is 6.15. The lowest BCUT2D eigenvalue weighted by Gasteiger charge is -2.17. The monoisotopic (exact) mass is 279 g/mol. The van der Waals surface area contributed by atoms with Crippen LogP contribution in [0.25, 0.3) is 0 Å². The van der Waals surface area contributed by atoms with Crippen molar-refractivity contribution >= 4 is 0 Å². The van der Waals surface area contributed by atoms with Crippen molar-refractivity contribution in [2.45, 2.75) is 32.8 Å². The molecule has 1 aliphatic heterocycles. The summed E-state index contributed by atoms with van der Waals surface area (Å²) in [6.07, 6.45) is 3.65. The first-order valence-corrected chi connectivity index (χ1v) is 7.56. The van der Waals surface area contributed by atoms with Crippen molar-refractivity contribution in [2.75, 3.05) is 32.8 Å². The number of rotatable bonds is 8. The zero-order chi connectivity index (χ0) is 14.2. The number of hydrogen-bond acceptors (Lipinski definition) is 4. The van der Waals surface area contributed by atoms with Crippen LogP contribution in [0.5, 0.6) is 11.5 Å². The van der Waals surface area contributed by atoms with Gasteiger partial charge in [0.25, 0.3) is 0 Å². The van der Waals surface area contributed by atoms with Crippen molar-refractivity contribution in [1.29, 1.82) is 0 Å². The summed E-state index contributed by atoms with van der Waals surface area (Å²) in [6.45, 7) is 6.71. The van der Waals surface area contributed by atoms with Gasteiger partial charge in [-0.25, -0.2) is 0 Å². The first-order valence-electron chi connectivity index (χ1n) is 7.56. The Hall–Kier alpha value is -1.26. The minimum Gasteiger partial charge on any atom is -0.490 e. The summed E-state index contributed by atoms with van der Waals surface area (Å²) in [6, 6.07) is 5.64. The van der Waals surface area contributed by atoms with Crippen LogP contribution in [-0.4, -0.2) is 42.9 Å². The number of benzene rings is 1. The van der Waals surface area contributed by atoms with E-state index in [-0.39, 0.29) is 6.61 Å². The second kappa shape index (κ2) is 8.12. The minimum atomic E-state index is -0.0254. The van der Waals surface area contributed by atoms with Crippen molar-refractivity contribution in [3.05, 3.63) is 23.8 Å². The van der Waals surface area contributed by atoms with Crippen LogP contribution in [0, 0.1) is 0 Å². The van der Waals surface area contributed by atoms with Gasteiger partial charge in [0, 0.05) is 12.1 Å². The highest BCUT2D eigenvalue weighted by Gasteiger charge is 2.12. The molecule has 4 heteroatoms. The van der Waals surface area contributed by atoms with Gasteiger partial charge >= 0.3 is 0 Å². The Labute approximate surface area is 121 Å². The summed E-state index contributed by atoms with van der Waals surface area (Å²) in [5.41, 5.74) is 0.789. The number of hydrogen-bond donors (Lipinski definition) is 1. The molecule has 1 heterocycles. The molecular formula is C16H25NO3. The molecule has 1 saturated heterocycles. The lowest BCUT2D eigenvalue weighted by atomic mass is 10.2. The maximum Gasteiger partial charge on any atom is 0.166 e. The van der Waals surface area contributed by atoms with Crippen LogP contribution in [0.15, 0.2) is 18.2 Å². The van der Waals surface area contributed by atoms with Crippen molar-refractivity contribution < 1.29 is 14.6 Å². The summed E-state index contributed by atoms with van der Waals surface area (Å²) in [5.74, 6) is 1.42. The smallest absolute Gasteiger partial charge is 0.166 e. The third-order valence-corrected chi connectivity index (χ3v) is 3.59. The van der Waals surface area contributed by atoms with E-state index in [9.17, 15) is 5.11 Å². The minimum absolute atomic E-state index is 0.0254. The fourth-order valence-corrected chi connectivity index (χ4v) is 2.59. The molecule has 1 N–H and O–H groups in total. The van der Waals surface area contributed by atoms with E-state index in [1.165, 1.54) is 25.9 Å². The Balaban J connectivity index is 1.86. The van der Waals surface area contributed by atoms with E-state index in [0.717, 1.165) is 24.3 Å². The largest absolute Gasteiger partial charge is 0.490 e. The Bertz CT molecular complexity index is 403. The van der Waals surface area contributed by atoms with Crippen molar-refractivity contribution in [2.24, 2.45) is 0 Å². The topological polar surface area (TPSA) is 41.9 Å². The lowest BCUT2D eigenvalue weighted by molar-refractivity contribution is 0.233. The fourth-order valence-electron chi connectivity index (χ4n) is 2.59. The molecule has 1 fully saturated rings. The number of para-hydroxylation sites is 1. The third-order valence-electron chi connectivity index (χ3n) is 3.59. The van der Waals surface area contributed by atoms with Crippen LogP contribution >= 0.6 is 0 Å². The molecule has 0 aliphatic carbocycles. The van der Waals surface area contributed by atoms with Crippen molar-refractivity contribution in [3.8, 4) is 11.5 Å². The van der Waals surface area contributed by atoms with E-state index < -0.39 is 0 Å². The molecule has 1 aromatic rings. The van der Waals surface area contributed by atoms with Gasteiger partial charge in [-0.15, -0.1) is 0 Å². The van der Waals surface area contributed by atoms with Crippen LogP contribution in [0.2, 0.25) is 0 Å². The maximum absolute atomic E-state index is 9.40. The maximum atomic E-state index is 9.40. The Morgan fingerprint density at radius 1 is 1.20 bits per heavy atom. The van der Waals surface area contributed by atoms with Gasteiger partial charge in [-0.05, 0) is 45.3 Å². The second-order valence-corrected chi connectivity index (χ2v) is 5.09. The van der Waals surface area contributed by atoms with E-state index in [1.54, 1.807) is 0 Å². The normalized spacial score (nSPS) is 15.5. The molecule has 0 unspecified atom stereocenters. The average molecular weight is 279 g/mol. The highest BCUT2D eigenvalue weighted by molar-refractivity contribution is 5.46. The van der Waals surface area contributed by atoms with Crippen LogP contribution in [0.4, 0.5) is 0 Å². The first-order chi connectivity index (χ1) is 9.85. The highest BCUT2D eigenvalue weighted by atomic mass is 16.5. The predicted octanol–water partition coefficient (Wildman–Crippen LogP) is 2.44. The van der Waals surface area contributed by atoms with Crippen molar-refractivity contribution in [3.63, 3.8) is 0 Å². The molecule has 0 spiro atoms. The lowest BCUT2D eigenvalue weighted by Crippen LogP contribution is -2.22. The molecule has 0 atom stereocenters. The van der Waals surface area contributed by atoms with Crippen LogP contribution in [0.1, 0.15) is 31.7 Å². The molecule has 1 aromatic carbocycles. The van der Waals surface area contributed by atoms with Gasteiger partial charge in [-0.3, -0.25) is 0 Å². The van der Waals surface area contributed by atoms with Crippen molar-refractivity contribution in [1.82, 2.24) is 4.90 Å². The molecule has 0 aromatic heterocycles. The van der Waals surface area contributed by atoms with Gasteiger partial charge in [0.05, 0.1) is 19.8 Å². The Morgan fingerprint density at radius 2 is 2.00 bits per heavy atom. The number of ether oxygens (including phenoxy) is 2. The quantitative estimate of drug-likeness (QED) is 0.742.